The van der Waals surface area contributed by atoms with Crippen LogP contribution in [0, 0.1) is 0 Å². The molecular formula is C15H19NO5. The molecular weight excluding hydrogens is 274 g/mol. The Morgan fingerprint density at radius 1 is 1.14 bits per heavy atom. The normalized spacial score (nSPS) is 34.5. The van der Waals surface area contributed by atoms with Gasteiger partial charge in [0.05, 0.1) is 12.3 Å². The first-order chi connectivity index (χ1) is 10.3. The Kier molecular flexibility index (Phi) is 4.50. The fourth-order valence-electron chi connectivity index (χ4n) is 2.59. The predicted molar refractivity (Wildman–Crippen MR) is 74.7 cm³/mol. The van der Waals surface area contributed by atoms with E-state index in [2.05, 4.69) is 5.16 Å². The van der Waals surface area contributed by atoms with Crippen LogP contribution < -0.4 is 0 Å². The van der Waals surface area contributed by atoms with Gasteiger partial charge in [-0.05, 0) is 0 Å². The van der Waals surface area contributed by atoms with Crippen LogP contribution in [-0.4, -0.2) is 45.0 Å². The van der Waals surface area contributed by atoms with Gasteiger partial charge < -0.3 is 23.8 Å². The molecule has 1 aromatic rings. The summed E-state index contributed by atoms with van der Waals surface area (Å²) >= 11 is 0. The van der Waals surface area contributed by atoms with Crippen LogP contribution in [0.4, 0.5) is 0 Å². The Morgan fingerprint density at radius 3 is 2.67 bits per heavy atom. The number of nitrogens with zero attached hydrogens (tertiary/aromatic N) is 1. The lowest BCUT2D eigenvalue weighted by Crippen LogP contribution is -2.53. The van der Waals surface area contributed by atoms with Crippen LogP contribution in [0.25, 0.3) is 0 Å². The van der Waals surface area contributed by atoms with Gasteiger partial charge in [-0.15, -0.1) is 0 Å². The van der Waals surface area contributed by atoms with E-state index in [4.69, 9.17) is 23.8 Å². The first-order valence-corrected chi connectivity index (χ1v) is 6.92. The van der Waals surface area contributed by atoms with Gasteiger partial charge in [0, 0.05) is 19.1 Å². The fourth-order valence-corrected chi connectivity index (χ4v) is 2.59. The third kappa shape index (κ3) is 3.08. The van der Waals surface area contributed by atoms with Crippen LogP contribution in [0.3, 0.4) is 0 Å². The monoisotopic (exact) mass is 293 g/mol. The maximum absolute atomic E-state index is 6.02. The molecule has 0 radical (unpaired) electrons. The average Bonchev–Trinajstić information content (AvgIpc) is 2.55. The second-order valence-corrected chi connectivity index (χ2v) is 4.94. The van der Waals surface area contributed by atoms with E-state index in [-0.39, 0.29) is 18.5 Å². The van der Waals surface area contributed by atoms with Crippen LogP contribution in [0.5, 0.6) is 0 Å². The molecule has 1 aromatic carbocycles. The molecule has 0 spiro atoms. The first-order valence-electron chi connectivity index (χ1n) is 6.92. The summed E-state index contributed by atoms with van der Waals surface area (Å²) in [7, 11) is 3.13. The van der Waals surface area contributed by atoms with E-state index >= 15 is 0 Å². The largest absolute Gasteiger partial charge is 0.399 e. The second-order valence-electron chi connectivity index (χ2n) is 4.94. The standard InChI is InChI=1S/C15H19NO5/c1-17-13-8-11(16-18-2)14-12(20-13)9-19-15(21-14)10-6-4-3-5-7-10/h3-7,12-15H,8-9H2,1-2H3/b16-11+/t12-,13+,14+,15-/m1/s1. The van der Waals surface area contributed by atoms with Gasteiger partial charge in [-0.2, -0.15) is 0 Å². The van der Waals surface area contributed by atoms with Crippen LogP contribution in [0.1, 0.15) is 18.3 Å². The summed E-state index contributed by atoms with van der Waals surface area (Å²) in [5.74, 6) is 0. The summed E-state index contributed by atoms with van der Waals surface area (Å²) < 4.78 is 22.8. The topological polar surface area (TPSA) is 58.5 Å². The number of ether oxygens (including phenoxy) is 4. The number of rotatable bonds is 3. The fraction of sp³-hybridized carbons (Fsp3) is 0.533. The van der Waals surface area contributed by atoms with Crippen LogP contribution in [-0.2, 0) is 23.8 Å². The molecule has 2 fully saturated rings. The van der Waals surface area contributed by atoms with Crippen LogP contribution in [0.15, 0.2) is 35.5 Å². The van der Waals surface area contributed by atoms with Crippen LogP contribution in [0.2, 0.25) is 0 Å². The lowest BCUT2D eigenvalue weighted by atomic mass is 10.0. The molecule has 2 heterocycles. The van der Waals surface area contributed by atoms with E-state index in [1.54, 1.807) is 7.11 Å². The molecule has 4 atom stereocenters. The van der Waals surface area contributed by atoms with Gasteiger partial charge in [-0.1, -0.05) is 35.5 Å². The summed E-state index contributed by atoms with van der Waals surface area (Å²) in [6.45, 7) is 0.423. The van der Waals surface area contributed by atoms with Crippen molar-refractivity contribution in [2.24, 2.45) is 5.16 Å². The van der Waals surface area contributed by atoms with Gasteiger partial charge in [0.15, 0.2) is 12.6 Å². The minimum absolute atomic E-state index is 0.238. The van der Waals surface area contributed by atoms with Gasteiger partial charge in [-0.3, -0.25) is 0 Å². The smallest absolute Gasteiger partial charge is 0.184 e. The van der Waals surface area contributed by atoms with E-state index in [0.717, 1.165) is 11.3 Å². The van der Waals surface area contributed by atoms with Crippen molar-refractivity contribution < 1.29 is 23.8 Å². The number of oxime groups is 1. The third-order valence-electron chi connectivity index (χ3n) is 3.59. The molecule has 0 saturated carbocycles. The van der Waals surface area contributed by atoms with Crippen molar-refractivity contribution in [3.63, 3.8) is 0 Å². The summed E-state index contributed by atoms with van der Waals surface area (Å²) in [6.07, 6.45) is -0.766. The summed E-state index contributed by atoms with van der Waals surface area (Å²) in [6, 6.07) is 9.81. The highest BCUT2D eigenvalue weighted by Gasteiger charge is 2.43. The zero-order valence-corrected chi connectivity index (χ0v) is 12.1. The zero-order chi connectivity index (χ0) is 14.7. The van der Waals surface area contributed by atoms with Crippen molar-refractivity contribution in [1.29, 1.82) is 0 Å². The van der Waals surface area contributed by atoms with Gasteiger partial charge in [0.25, 0.3) is 0 Å². The Labute approximate surface area is 123 Å². The second kappa shape index (κ2) is 6.53. The molecule has 6 heteroatoms. The number of hydrogen-bond donors (Lipinski definition) is 0. The molecule has 0 unspecified atom stereocenters. The van der Waals surface area contributed by atoms with Crippen molar-refractivity contribution in [3.05, 3.63) is 35.9 Å². The summed E-state index contributed by atoms with van der Waals surface area (Å²) in [5.41, 5.74) is 1.76. The molecule has 114 valence electrons. The SMILES string of the molecule is CO/N=C1\C[C@@H](OC)O[C@@H]2CO[C@@H](c3ccccc3)O[C@@H]12. The maximum Gasteiger partial charge on any atom is 0.184 e. The van der Waals surface area contributed by atoms with Crippen molar-refractivity contribution in [2.45, 2.75) is 31.2 Å². The highest BCUT2D eigenvalue weighted by atomic mass is 16.7. The lowest BCUT2D eigenvalue weighted by molar-refractivity contribution is -0.286. The van der Waals surface area contributed by atoms with Gasteiger partial charge in [-0.25, -0.2) is 0 Å². The van der Waals surface area contributed by atoms with Gasteiger partial charge in [0.2, 0.25) is 0 Å². The Balaban J connectivity index is 1.78. The Bertz CT molecular complexity index is 492. The molecule has 0 aliphatic carbocycles. The van der Waals surface area contributed by atoms with E-state index in [9.17, 15) is 0 Å². The minimum Gasteiger partial charge on any atom is -0.399 e. The van der Waals surface area contributed by atoms with E-state index in [0.29, 0.717) is 13.0 Å². The van der Waals surface area contributed by atoms with E-state index in [1.807, 2.05) is 30.3 Å². The number of methoxy groups -OCH3 is 1. The molecule has 3 rings (SSSR count). The molecule has 0 aromatic heterocycles. The summed E-state index contributed by atoms with van der Waals surface area (Å²) in [4.78, 5) is 4.92. The molecule has 0 bridgehead atoms. The Hall–Kier alpha value is -1.47. The van der Waals surface area contributed by atoms with Crippen molar-refractivity contribution in [1.82, 2.24) is 0 Å². The third-order valence-corrected chi connectivity index (χ3v) is 3.59. The highest BCUT2D eigenvalue weighted by molar-refractivity contribution is 5.90. The number of fused-ring (bicyclic) bond motifs is 1. The molecule has 0 amide bonds. The van der Waals surface area contributed by atoms with Crippen molar-refractivity contribution in [3.8, 4) is 0 Å². The van der Waals surface area contributed by atoms with Crippen LogP contribution >= 0.6 is 0 Å². The van der Waals surface area contributed by atoms with Gasteiger partial charge >= 0.3 is 0 Å². The highest BCUT2D eigenvalue weighted by Crippen LogP contribution is 2.32. The Morgan fingerprint density at radius 2 is 1.95 bits per heavy atom. The maximum atomic E-state index is 6.02. The molecule has 0 N–H and O–H groups in total. The van der Waals surface area contributed by atoms with E-state index in [1.165, 1.54) is 7.11 Å². The zero-order valence-electron chi connectivity index (χ0n) is 12.1. The molecule has 2 aliphatic rings. The minimum atomic E-state index is -0.419. The van der Waals surface area contributed by atoms with E-state index < -0.39 is 6.29 Å². The molecule has 2 saturated heterocycles. The quantitative estimate of drug-likeness (QED) is 0.796. The van der Waals surface area contributed by atoms with Crippen molar-refractivity contribution in [2.75, 3.05) is 20.8 Å². The van der Waals surface area contributed by atoms with Gasteiger partial charge in [0.1, 0.15) is 19.3 Å². The summed E-state index contributed by atoms with van der Waals surface area (Å²) in [5, 5.41) is 4.07. The average molecular weight is 293 g/mol. The molecule has 2 aliphatic heterocycles. The first kappa shape index (κ1) is 14.5. The molecule has 6 nitrogen and oxygen atoms in total. The molecule has 21 heavy (non-hydrogen) atoms. The number of benzene rings is 1. The van der Waals surface area contributed by atoms with Crippen molar-refractivity contribution >= 4 is 5.71 Å². The number of hydrogen-bond acceptors (Lipinski definition) is 6. The predicted octanol–water partition coefficient (Wildman–Crippen LogP) is 1.86. The lowest BCUT2D eigenvalue weighted by Gasteiger charge is -2.41.